The second-order valence-electron chi connectivity index (χ2n) is 6.58. The lowest BCUT2D eigenvalue weighted by molar-refractivity contribution is -0.141. The summed E-state index contributed by atoms with van der Waals surface area (Å²) in [4.78, 5) is 30.2. The average Bonchev–Trinajstić information content (AvgIpc) is 2.46. The first-order valence-corrected chi connectivity index (χ1v) is 7.92. The number of piperazine rings is 1. The number of rotatable bonds is 3. The molecule has 2 amide bonds. The van der Waals surface area contributed by atoms with Crippen LogP contribution in [0.1, 0.15) is 19.8 Å². The molecule has 1 N–H and O–H groups in total. The predicted molar refractivity (Wildman–Crippen MR) is 81.9 cm³/mol. The largest absolute Gasteiger partial charge is 0.338 e. The fourth-order valence-corrected chi connectivity index (χ4v) is 3.06. The minimum atomic E-state index is -0.0298. The Morgan fingerprint density at radius 1 is 1.14 bits per heavy atom. The molecule has 2 fully saturated rings. The Kier molecular flexibility index (Phi) is 5.58. The van der Waals surface area contributed by atoms with Crippen molar-refractivity contribution < 1.29 is 9.59 Å². The molecule has 0 aromatic rings. The molecule has 0 aromatic heterocycles. The van der Waals surface area contributed by atoms with Crippen molar-refractivity contribution in [3.8, 4) is 0 Å². The van der Waals surface area contributed by atoms with Gasteiger partial charge in [0, 0.05) is 26.2 Å². The molecule has 0 spiro atoms. The molecular weight excluding hydrogens is 268 g/mol. The molecule has 6 nitrogen and oxygen atoms in total. The highest BCUT2D eigenvalue weighted by Crippen LogP contribution is 2.17. The van der Waals surface area contributed by atoms with Gasteiger partial charge in [-0.15, -0.1) is 0 Å². The van der Waals surface area contributed by atoms with E-state index in [2.05, 4.69) is 12.2 Å². The molecule has 2 unspecified atom stereocenters. The van der Waals surface area contributed by atoms with E-state index in [4.69, 9.17) is 0 Å². The monoisotopic (exact) mass is 296 g/mol. The lowest BCUT2D eigenvalue weighted by Gasteiger charge is -2.38. The van der Waals surface area contributed by atoms with Gasteiger partial charge in [0.15, 0.2) is 0 Å². The number of carbonyl (C=O) groups is 2. The standard InChI is InChI=1S/C15H28N4O2/c1-12-4-5-16-13(10-12)15(21)19-8-6-18(7-9-19)14(20)11-17(2)3/h12-13,16H,4-11H2,1-3H3. The van der Waals surface area contributed by atoms with E-state index in [1.807, 2.05) is 28.8 Å². The Labute approximate surface area is 127 Å². The molecule has 2 heterocycles. The Morgan fingerprint density at radius 3 is 2.33 bits per heavy atom. The topological polar surface area (TPSA) is 55.9 Å². The zero-order valence-electron chi connectivity index (χ0n) is 13.5. The van der Waals surface area contributed by atoms with Crippen LogP contribution in [0.15, 0.2) is 0 Å². The van der Waals surface area contributed by atoms with Crippen molar-refractivity contribution in [1.82, 2.24) is 20.0 Å². The summed E-state index contributed by atoms with van der Waals surface area (Å²) < 4.78 is 0. The number of nitrogens with one attached hydrogen (secondary N) is 1. The van der Waals surface area contributed by atoms with Crippen LogP contribution in [0, 0.1) is 5.92 Å². The molecule has 21 heavy (non-hydrogen) atoms. The van der Waals surface area contributed by atoms with Crippen molar-refractivity contribution >= 4 is 11.8 Å². The molecule has 120 valence electrons. The van der Waals surface area contributed by atoms with E-state index < -0.39 is 0 Å². The number of carbonyl (C=O) groups excluding carboxylic acids is 2. The van der Waals surface area contributed by atoms with Crippen molar-refractivity contribution in [2.45, 2.75) is 25.8 Å². The molecule has 0 aliphatic carbocycles. The van der Waals surface area contributed by atoms with Gasteiger partial charge in [0.05, 0.1) is 12.6 Å². The Bertz CT molecular complexity index is 378. The molecule has 2 saturated heterocycles. The lowest BCUT2D eigenvalue weighted by Crippen LogP contribution is -2.57. The third kappa shape index (κ3) is 4.41. The molecule has 2 atom stereocenters. The smallest absolute Gasteiger partial charge is 0.239 e. The number of likely N-dealkylation sites (N-methyl/N-ethyl adjacent to an activating group) is 1. The fraction of sp³-hybridized carbons (Fsp3) is 0.867. The SMILES string of the molecule is CC1CCNC(C(=O)N2CCN(C(=O)CN(C)C)CC2)C1. The highest BCUT2D eigenvalue weighted by Gasteiger charge is 2.31. The summed E-state index contributed by atoms with van der Waals surface area (Å²) in [5, 5.41) is 3.33. The van der Waals surface area contributed by atoms with Gasteiger partial charge in [-0.1, -0.05) is 6.92 Å². The normalized spacial score (nSPS) is 27.0. The second-order valence-corrected chi connectivity index (χ2v) is 6.58. The van der Waals surface area contributed by atoms with E-state index in [-0.39, 0.29) is 17.9 Å². The fourth-order valence-electron chi connectivity index (χ4n) is 3.06. The van der Waals surface area contributed by atoms with Crippen molar-refractivity contribution in [2.24, 2.45) is 5.92 Å². The minimum absolute atomic E-state index is 0.0298. The molecule has 6 heteroatoms. The third-order valence-corrected chi connectivity index (χ3v) is 4.36. The van der Waals surface area contributed by atoms with Crippen LogP contribution in [-0.4, -0.2) is 85.9 Å². The first-order chi connectivity index (χ1) is 9.97. The van der Waals surface area contributed by atoms with Crippen molar-refractivity contribution in [2.75, 3.05) is 53.4 Å². The summed E-state index contributed by atoms with van der Waals surface area (Å²) in [6, 6.07) is -0.0298. The third-order valence-electron chi connectivity index (χ3n) is 4.36. The number of hydrogen-bond acceptors (Lipinski definition) is 4. The van der Waals surface area contributed by atoms with Gasteiger partial charge in [0.1, 0.15) is 0 Å². The maximum Gasteiger partial charge on any atom is 0.239 e. The Balaban J connectivity index is 1.80. The van der Waals surface area contributed by atoms with Crippen LogP contribution in [0.3, 0.4) is 0 Å². The van der Waals surface area contributed by atoms with Crippen molar-refractivity contribution in [1.29, 1.82) is 0 Å². The Morgan fingerprint density at radius 2 is 1.76 bits per heavy atom. The first kappa shape index (κ1) is 16.2. The number of nitrogens with zero attached hydrogens (tertiary/aromatic N) is 3. The number of hydrogen-bond donors (Lipinski definition) is 1. The highest BCUT2D eigenvalue weighted by atomic mass is 16.2. The number of piperidine rings is 1. The molecule has 0 saturated carbocycles. The molecule has 0 aromatic carbocycles. The zero-order valence-corrected chi connectivity index (χ0v) is 13.5. The number of amides is 2. The van der Waals surface area contributed by atoms with Gasteiger partial charge >= 0.3 is 0 Å². The lowest BCUT2D eigenvalue weighted by atomic mass is 9.93. The van der Waals surface area contributed by atoms with E-state index in [1.54, 1.807) is 0 Å². The maximum absolute atomic E-state index is 12.5. The first-order valence-electron chi connectivity index (χ1n) is 7.92. The van der Waals surface area contributed by atoms with Crippen LogP contribution in [0.4, 0.5) is 0 Å². The highest BCUT2D eigenvalue weighted by molar-refractivity contribution is 5.83. The van der Waals surface area contributed by atoms with Crippen LogP contribution in [0.2, 0.25) is 0 Å². The van der Waals surface area contributed by atoms with E-state index in [9.17, 15) is 9.59 Å². The second kappa shape index (κ2) is 7.22. The van der Waals surface area contributed by atoms with E-state index in [0.29, 0.717) is 38.6 Å². The van der Waals surface area contributed by atoms with Gasteiger partial charge in [0.25, 0.3) is 0 Å². The average molecular weight is 296 g/mol. The van der Waals surface area contributed by atoms with E-state index in [0.717, 1.165) is 19.4 Å². The summed E-state index contributed by atoms with van der Waals surface area (Å²) in [7, 11) is 3.79. The Hall–Kier alpha value is -1.14. The van der Waals surface area contributed by atoms with Gasteiger partial charge in [0.2, 0.25) is 11.8 Å². The summed E-state index contributed by atoms with van der Waals surface area (Å²) in [5.41, 5.74) is 0. The molecule has 2 aliphatic rings. The molecular formula is C15H28N4O2. The van der Waals surface area contributed by atoms with E-state index >= 15 is 0 Å². The maximum atomic E-state index is 12.5. The summed E-state index contributed by atoms with van der Waals surface area (Å²) in [5.74, 6) is 0.973. The summed E-state index contributed by atoms with van der Waals surface area (Å²) in [6.07, 6.45) is 2.08. The van der Waals surface area contributed by atoms with Crippen LogP contribution < -0.4 is 5.32 Å². The molecule has 2 rings (SSSR count). The quantitative estimate of drug-likeness (QED) is 0.770. The minimum Gasteiger partial charge on any atom is -0.338 e. The van der Waals surface area contributed by atoms with E-state index in [1.165, 1.54) is 0 Å². The molecule has 0 bridgehead atoms. The van der Waals surface area contributed by atoms with Gasteiger partial charge in [-0.25, -0.2) is 0 Å². The van der Waals surface area contributed by atoms with Crippen LogP contribution in [0.25, 0.3) is 0 Å². The van der Waals surface area contributed by atoms with Gasteiger partial charge < -0.3 is 20.0 Å². The molecule has 0 radical (unpaired) electrons. The summed E-state index contributed by atoms with van der Waals surface area (Å²) >= 11 is 0. The van der Waals surface area contributed by atoms with Gasteiger partial charge in [-0.3, -0.25) is 9.59 Å². The van der Waals surface area contributed by atoms with Gasteiger partial charge in [-0.05, 0) is 39.4 Å². The van der Waals surface area contributed by atoms with Crippen LogP contribution in [-0.2, 0) is 9.59 Å². The predicted octanol–water partition coefficient (Wildman–Crippen LogP) is -0.393. The molecule has 2 aliphatic heterocycles. The van der Waals surface area contributed by atoms with Crippen molar-refractivity contribution in [3.63, 3.8) is 0 Å². The van der Waals surface area contributed by atoms with Crippen LogP contribution >= 0.6 is 0 Å². The van der Waals surface area contributed by atoms with Gasteiger partial charge in [-0.2, -0.15) is 0 Å². The zero-order chi connectivity index (χ0) is 15.4. The van der Waals surface area contributed by atoms with Crippen LogP contribution in [0.5, 0.6) is 0 Å². The van der Waals surface area contributed by atoms with Crippen molar-refractivity contribution in [3.05, 3.63) is 0 Å². The summed E-state index contributed by atoms with van der Waals surface area (Å²) in [6.45, 7) is 6.20.